The van der Waals surface area contributed by atoms with E-state index in [4.69, 9.17) is 0 Å². The Hall–Kier alpha value is -2.62. The number of hydrogen-bond donors (Lipinski definition) is 0. The minimum absolute atomic E-state index is 0.112. The van der Waals surface area contributed by atoms with Crippen molar-refractivity contribution in [3.63, 3.8) is 0 Å². The second-order valence-corrected chi connectivity index (χ2v) is 7.83. The van der Waals surface area contributed by atoms with Crippen LogP contribution >= 0.6 is 11.3 Å². The van der Waals surface area contributed by atoms with Gasteiger partial charge in [-0.05, 0) is 31.0 Å². The monoisotopic (exact) mass is 410 g/mol. The molecule has 3 aromatic heterocycles. The molecular formula is C18H17F3N4O2S. The molecule has 0 saturated carbocycles. The molecule has 1 amide bonds. The number of carbonyl (C=O) groups is 1. The van der Waals surface area contributed by atoms with Crippen LogP contribution in [0.15, 0.2) is 29.2 Å². The highest BCUT2D eigenvalue weighted by molar-refractivity contribution is 7.15. The van der Waals surface area contributed by atoms with Crippen molar-refractivity contribution >= 4 is 28.4 Å². The van der Waals surface area contributed by atoms with Crippen LogP contribution in [0.2, 0.25) is 0 Å². The SMILES string of the molecule is Cn1c(=O)n(CC(=O)N2CCCC2)c2cc(-c3ccc(C(F)(F)F)s3)cnc21. The van der Waals surface area contributed by atoms with E-state index in [0.717, 1.165) is 18.9 Å². The molecule has 0 unspecified atom stereocenters. The van der Waals surface area contributed by atoms with Crippen LogP contribution in [0.3, 0.4) is 0 Å². The van der Waals surface area contributed by atoms with Crippen molar-refractivity contribution in [2.75, 3.05) is 13.1 Å². The quantitative estimate of drug-likeness (QED) is 0.667. The lowest BCUT2D eigenvalue weighted by molar-refractivity contribution is -0.134. The van der Waals surface area contributed by atoms with Crippen LogP contribution in [0.25, 0.3) is 21.6 Å². The number of alkyl halides is 3. The molecule has 0 N–H and O–H groups in total. The predicted octanol–water partition coefficient (Wildman–Crippen LogP) is 3.10. The van der Waals surface area contributed by atoms with Gasteiger partial charge in [0, 0.05) is 36.8 Å². The first-order valence-corrected chi connectivity index (χ1v) is 9.58. The number of hydrogen-bond acceptors (Lipinski definition) is 4. The predicted molar refractivity (Wildman–Crippen MR) is 99.1 cm³/mol. The molecule has 1 aliphatic rings. The van der Waals surface area contributed by atoms with Gasteiger partial charge in [0.1, 0.15) is 11.4 Å². The van der Waals surface area contributed by atoms with Gasteiger partial charge in [-0.3, -0.25) is 13.9 Å². The van der Waals surface area contributed by atoms with Gasteiger partial charge in [0.2, 0.25) is 5.91 Å². The molecule has 6 nitrogen and oxygen atoms in total. The summed E-state index contributed by atoms with van der Waals surface area (Å²) in [6.45, 7) is 1.24. The number of nitrogens with zero attached hydrogens (tertiary/aromatic N) is 4. The fraction of sp³-hybridized carbons (Fsp3) is 0.389. The summed E-state index contributed by atoms with van der Waals surface area (Å²) in [6.07, 6.45) is -1.07. The average molecular weight is 410 g/mol. The van der Waals surface area contributed by atoms with Gasteiger partial charge in [-0.2, -0.15) is 13.2 Å². The number of rotatable bonds is 3. The van der Waals surface area contributed by atoms with Crippen molar-refractivity contribution in [1.29, 1.82) is 0 Å². The number of thiophene rings is 1. The second-order valence-electron chi connectivity index (χ2n) is 6.74. The third kappa shape index (κ3) is 3.21. The van der Waals surface area contributed by atoms with E-state index in [-0.39, 0.29) is 18.1 Å². The van der Waals surface area contributed by atoms with E-state index in [1.807, 2.05) is 0 Å². The number of amides is 1. The van der Waals surface area contributed by atoms with Crippen molar-refractivity contribution in [2.24, 2.45) is 7.05 Å². The first-order chi connectivity index (χ1) is 13.3. The number of aromatic nitrogens is 3. The summed E-state index contributed by atoms with van der Waals surface area (Å²) in [6, 6.07) is 4.03. The van der Waals surface area contributed by atoms with Crippen LogP contribution in [0.5, 0.6) is 0 Å². The minimum Gasteiger partial charge on any atom is -0.341 e. The van der Waals surface area contributed by atoms with Crippen LogP contribution in [0, 0.1) is 0 Å². The van der Waals surface area contributed by atoms with Gasteiger partial charge in [-0.1, -0.05) is 0 Å². The molecule has 0 spiro atoms. The summed E-state index contributed by atoms with van der Waals surface area (Å²) in [4.78, 5) is 30.8. The van der Waals surface area contributed by atoms with Crippen molar-refractivity contribution in [1.82, 2.24) is 19.0 Å². The highest BCUT2D eigenvalue weighted by atomic mass is 32.1. The minimum atomic E-state index is -4.41. The summed E-state index contributed by atoms with van der Waals surface area (Å²) >= 11 is 0.618. The average Bonchev–Trinajstić information content (AvgIpc) is 3.38. The number of fused-ring (bicyclic) bond motifs is 1. The highest BCUT2D eigenvalue weighted by Crippen LogP contribution is 2.38. The van der Waals surface area contributed by atoms with Gasteiger partial charge in [0.05, 0.1) is 5.52 Å². The lowest BCUT2D eigenvalue weighted by Crippen LogP contribution is -2.34. The molecule has 0 bridgehead atoms. The molecule has 28 heavy (non-hydrogen) atoms. The molecule has 3 aromatic rings. The molecule has 4 heterocycles. The number of pyridine rings is 1. The maximum atomic E-state index is 12.9. The molecule has 0 aromatic carbocycles. The molecule has 4 rings (SSSR count). The summed E-state index contributed by atoms with van der Waals surface area (Å²) in [5.74, 6) is -0.145. The molecule has 148 valence electrons. The van der Waals surface area contributed by atoms with Crippen LogP contribution in [-0.4, -0.2) is 38.0 Å². The third-order valence-corrected chi connectivity index (χ3v) is 6.07. The third-order valence-electron chi connectivity index (χ3n) is 4.90. The zero-order chi connectivity index (χ0) is 20.1. The van der Waals surface area contributed by atoms with Gasteiger partial charge in [-0.25, -0.2) is 9.78 Å². The van der Waals surface area contributed by atoms with E-state index >= 15 is 0 Å². The Labute approximate surface area is 161 Å². The maximum absolute atomic E-state index is 12.9. The van der Waals surface area contributed by atoms with Gasteiger partial charge in [0.15, 0.2) is 5.65 Å². The Balaban J connectivity index is 1.75. The molecule has 1 fully saturated rings. The fourth-order valence-electron chi connectivity index (χ4n) is 3.41. The van der Waals surface area contributed by atoms with E-state index in [2.05, 4.69) is 4.98 Å². The largest absolute Gasteiger partial charge is 0.425 e. The van der Waals surface area contributed by atoms with E-state index in [9.17, 15) is 22.8 Å². The van der Waals surface area contributed by atoms with Gasteiger partial charge in [0.25, 0.3) is 0 Å². The van der Waals surface area contributed by atoms with Gasteiger partial charge >= 0.3 is 11.9 Å². The van der Waals surface area contributed by atoms with Crippen molar-refractivity contribution in [2.45, 2.75) is 25.6 Å². The summed E-state index contributed by atoms with van der Waals surface area (Å²) < 4.78 is 41.3. The van der Waals surface area contributed by atoms with Crippen LogP contribution in [0.1, 0.15) is 17.7 Å². The number of imidazole rings is 1. The summed E-state index contributed by atoms with van der Waals surface area (Å²) in [5.41, 5.74) is 0.908. The highest BCUT2D eigenvalue weighted by Gasteiger charge is 2.32. The maximum Gasteiger partial charge on any atom is 0.425 e. The Morgan fingerprint density at radius 1 is 1.25 bits per heavy atom. The lowest BCUT2D eigenvalue weighted by Gasteiger charge is -2.15. The van der Waals surface area contributed by atoms with Crippen LogP contribution in [0.4, 0.5) is 13.2 Å². The molecule has 10 heteroatoms. The lowest BCUT2D eigenvalue weighted by atomic mass is 10.2. The Kier molecular flexibility index (Phi) is 4.53. The molecule has 0 aliphatic carbocycles. The van der Waals surface area contributed by atoms with Crippen molar-refractivity contribution in [3.8, 4) is 10.4 Å². The van der Waals surface area contributed by atoms with Crippen LogP contribution in [-0.2, 0) is 24.6 Å². The molecule has 0 radical (unpaired) electrons. The Morgan fingerprint density at radius 3 is 2.61 bits per heavy atom. The number of carbonyl (C=O) groups excluding carboxylic acids is 1. The normalized spacial score (nSPS) is 14.9. The van der Waals surface area contributed by atoms with E-state index in [1.165, 1.54) is 21.4 Å². The second kappa shape index (κ2) is 6.77. The van der Waals surface area contributed by atoms with Crippen molar-refractivity contribution < 1.29 is 18.0 Å². The number of likely N-dealkylation sites (tertiary alicyclic amines) is 1. The summed E-state index contributed by atoms with van der Waals surface area (Å²) in [5, 5.41) is 0. The first kappa shape index (κ1) is 18.7. The molecular weight excluding hydrogens is 393 g/mol. The number of aryl methyl sites for hydroxylation is 1. The fourth-order valence-corrected chi connectivity index (χ4v) is 4.27. The zero-order valence-corrected chi connectivity index (χ0v) is 15.8. The van der Waals surface area contributed by atoms with E-state index in [0.29, 0.717) is 46.0 Å². The molecule has 1 saturated heterocycles. The van der Waals surface area contributed by atoms with Crippen LogP contribution < -0.4 is 5.69 Å². The first-order valence-electron chi connectivity index (χ1n) is 8.76. The Bertz CT molecular complexity index is 1110. The van der Waals surface area contributed by atoms with Gasteiger partial charge < -0.3 is 4.90 Å². The zero-order valence-electron chi connectivity index (χ0n) is 15.0. The smallest absolute Gasteiger partial charge is 0.341 e. The Morgan fingerprint density at radius 2 is 1.96 bits per heavy atom. The molecule has 0 atom stereocenters. The van der Waals surface area contributed by atoms with Crippen molar-refractivity contribution in [3.05, 3.63) is 39.8 Å². The van der Waals surface area contributed by atoms with E-state index in [1.54, 1.807) is 18.0 Å². The summed E-state index contributed by atoms with van der Waals surface area (Å²) in [7, 11) is 1.56. The standard InChI is InChI=1S/C18H17F3N4O2S/c1-23-16-12(25(17(23)27)10-15(26)24-6-2-3-7-24)8-11(9-22-16)13-4-5-14(28-13)18(19,20)21/h4-5,8-9H,2-3,6-7,10H2,1H3. The topological polar surface area (TPSA) is 60.1 Å². The van der Waals surface area contributed by atoms with E-state index < -0.39 is 11.1 Å². The van der Waals surface area contributed by atoms with Gasteiger partial charge in [-0.15, -0.1) is 11.3 Å². The number of halogens is 3. The molecule has 1 aliphatic heterocycles.